The first-order chi connectivity index (χ1) is 18.7. The van der Waals surface area contributed by atoms with Crippen LogP contribution in [0.15, 0.2) is 60.7 Å². The van der Waals surface area contributed by atoms with E-state index in [0.29, 0.717) is 23.0 Å². The molecule has 3 aromatic carbocycles. The molecule has 1 aliphatic heterocycles. The highest BCUT2D eigenvalue weighted by molar-refractivity contribution is 6.35. The van der Waals surface area contributed by atoms with Crippen molar-refractivity contribution in [2.45, 2.75) is 50.7 Å². The Kier molecular flexibility index (Phi) is 10.1. The van der Waals surface area contributed by atoms with E-state index in [1.54, 1.807) is 12.1 Å². The molecule has 0 radical (unpaired) electrons. The maximum atomic E-state index is 13.7. The van der Waals surface area contributed by atoms with E-state index >= 15 is 0 Å². The van der Waals surface area contributed by atoms with Gasteiger partial charge in [0.2, 0.25) is 5.91 Å². The topological polar surface area (TPSA) is 111 Å². The molecule has 0 spiro atoms. The third kappa shape index (κ3) is 7.85. The Labute approximate surface area is 240 Å². The van der Waals surface area contributed by atoms with Gasteiger partial charge in [-0.2, -0.15) is 0 Å². The van der Waals surface area contributed by atoms with Gasteiger partial charge in [-0.05, 0) is 66.6 Å². The molecule has 0 bridgehead atoms. The van der Waals surface area contributed by atoms with E-state index in [4.69, 9.17) is 40.1 Å². The Morgan fingerprint density at radius 3 is 2.62 bits per heavy atom. The number of nitrogens with zero attached hydrogens (tertiary/aromatic N) is 2. The van der Waals surface area contributed by atoms with Crippen LogP contribution in [0, 0.1) is 5.41 Å². The van der Waals surface area contributed by atoms with Crippen LogP contribution in [0.2, 0.25) is 10.0 Å². The van der Waals surface area contributed by atoms with Gasteiger partial charge in [-0.1, -0.05) is 71.7 Å². The average Bonchev–Trinajstić information content (AvgIpc) is 2.90. The second-order valence-corrected chi connectivity index (χ2v) is 11.3. The molecule has 4 rings (SSSR count). The van der Waals surface area contributed by atoms with Crippen molar-refractivity contribution >= 4 is 45.8 Å². The predicted octanol–water partition coefficient (Wildman–Crippen LogP) is 4.42. The number of carbonyl (C=O) groups is 1. The summed E-state index contributed by atoms with van der Waals surface area (Å²) < 4.78 is 0. The second-order valence-electron chi connectivity index (χ2n) is 10.5. The van der Waals surface area contributed by atoms with Crippen LogP contribution in [-0.4, -0.2) is 66.0 Å². The maximum Gasteiger partial charge on any atom is 0.240 e. The van der Waals surface area contributed by atoms with Gasteiger partial charge in [0.15, 0.2) is 5.96 Å². The van der Waals surface area contributed by atoms with Gasteiger partial charge < -0.3 is 21.7 Å². The number of amides is 1. The van der Waals surface area contributed by atoms with Crippen LogP contribution in [0.5, 0.6) is 0 Å². The Balaban J connectivity index is 1.43. The van der Waals surface area contributed by atoms with Gasteiger partial charge >= 0.3 is 0 Å². The van der Waals surface area contributed by atoms with Gasteiger partial charge in [-0.3, -0.25) is 15.1 Å². The first-order valence-electron chi connectivity index (χ1n) is 13.5. The van der Waals surface area contributed by atoms with Crippen molar-refractivity contribution in [1.82, 2.24) is 15.1 Å². The summed E-state index contributed by atoms with van der Waals surface area (Å²) in [7, 11) is 0. The van der Waals surface area contributed by atoms with E-state index in [1.807, 2.05) is 11.0 Å². The van der Waals surface area contributed by atoms with E-state index in [1.165, 1.54) is 16.3 Å². The number of hydrogen-bond acceptors (Lipinski definition) is 4. The molecule has 6 N–H and O–H groups in total. The normalized spacial score (nSPS) is 18.7. The molecule has 3 aromatic rings. The fourth-order valence-electron chi connectivity index (χ4n) is 5.54. The summed E-state index contributed by atoms with van der Waals surface area (Å²) in [5.74, 6) is -0.106. The Morgan fingerprint density at radius 1 is 1.10 bits per heavy atom. The summed E-state index contributed by atoms with van der Waals surface area (Å²) in [5.41, 5.74) is 14.0. The third-order valence-electron chi connectivity index (χ3n) is 7.45. The van der Waals surface area contributed by atoms with E-state index in [2.05, 4.69) is 59.6 Å². The zero-order valence-corrected chi connectivity index (χ0v) is 23.9. The smallest absolute Gasteiger partial charge is 0.240 e. The summed E-state index contributed by atoms with van der Waals surface area (Å²) in [6.45, 7) is 5.17. The van der Waals surface area contributed by atoms with Crippen LogP contribution in [0.25, 0.3) is 10.8 Å². The van der Waals surface area contributed by atoms with Crippen LogP contribution in [0.4, 0.5) is 0 Å². The van der Waals surface area contributed by atoms with E-state index in [-0.39, 0.29) is 24.0 Å². The first kappa shape index (κ1) is 29.2. The highest BCUT2D eigenvalue weighted by Gasteiger charge is 2.37. The molecule has 7 nitrogen and oxygen atoms in total. The van der Waals surface area contributed by atoms with Crippen molar-refractivity contribution < 1.29 is 4.79 Å². The molecule has 1 aliphatic rings. The van der Waals surface area contributed by atoms with Crippen LogP contribution in [-0.2, 0) is 17.6 Å². The minimum Gasteiger partial charge on any atom is -0.370 e. The largest absolute Gasteiger partial charge is 0.370 e. The van der Waals surface area contributed by atoms with Crippen molar-refractivity contribution in [3.8, 4) is 0 Å². The summed E-state index contributed by atoms with van der Waals surface area (Å²) in [6, 6.07) is 19.7. The molecule has 1 heterocycles. The second kappa shape index (κ2) is 13.5. The zero-order valence-electron chi connectivity index (χ0n) is 22.4. The maximum absolute atomic E-state index is 13.7. The molecule has 9 heteroatoms. The summed E-state index contributed by atoms with van der Waals surface area (Å²) in [6.07, 6.45) is 2.87. The lowest BCUT2D eigenvalue weighted by molar-refractivity contribution is -0.141. The van der Waals surface area contributed by atoms with Crippen molar-refractivity contribution in [2.24, 2.45) is 11.5 Å². The highest BCUT2D eigenvalue weighted by Crippen LogP contribution is 2.25. The van der Waals surface area contributed by atoms with E-state index in [0.717, 1.165) is 44.5 Å². The molecular weight excluding hydrogens is 531 g/mol. The summed E-state index contributed by atoms with van der Waals surface area (Å²) >= 11 is 12.4. The molecule has 1 saturated heterocycles. The number of fused-ring (bicyclic) bond motifs is 1. The monoisotopic (exact) mass is 568 g/mol. The number of halogens is 2. The van der Waals surface area contributed by atoms with E-state index in [9.17, 15) is 4.79 Å². The number of carbonyl (C=O) groups excluding carboxylic acids is 1. The van der Waals surface area contributed by atoms with Crippen LogP contribution in [0.3, 0.4) is 0 Å². The molecule has 1 amide bonds. The van der Waals surface area contributed by atoms with Crippen LogP contribution >= 0.6 is 23.2 Å². The quantitative estimate of drug-likeness (QED) is 0.164. The first-order valence-corrected chi connectivity index (χ1v) is 14.3. The number of nitrogens with two attached hydrogens (primary N) is 2. The third-order valence-corrected chi connectivity index (χ3v) is 8.03. The van der Waals surface area contributed by atoms with Gasteiger partial charge in [-0.25, -0.2) is 0 Å². The zero-order chi connectivity index (χ0) is 27.9. The van der Waals surface area contributed by atoms with Crippen molar-refractivity contribution in [2.75, 3.05) is 26.2 Å². The van der Waals surface area contributed by atoms with E-state index < -0.39 is 6.04 Å². The summed E-state index contributed by atoms with van der Waals surface area (Å²) in [4.78, 5) is 18.1. The summed E-state index contributed by atoms with van der Waals surface area (Å²) in [5, 5.41) is 13.9. The lowest BCUT2D eigenvalue weighted by atomic mass is 9.98. The SMILES string of the molecule is C[C@H]1CN(CCc2ccc3ccccc3c2)C[C@H](CCCNC(=N)N)N1C(=O)[C@H](N)Cc1ccc(Cl)cc1Cl. The molecule has 0 saturated carbocycles. The van der Waals surface area contributed by atoms with Crippen molar-refractivity contribution in [1.29, 1.82) is 5.41 Å². The van der Waals surface area contributed by atoms with Gasteiger partial charge in [0, 0.05) is 48.3 Å². The van der Waals surface area contributed by atoms with Gasteiger partial charge in [0.1, 0.15) is 0 Å². The number of guanidine groups is 1. The molecular formula is C30H38Cl2N6O. The molecule has 0 aromatic heterocycles. The number of rotatable bonds is 10. The fourth-order valence-corrected chi connectivity index (χ4v) is 6.02. The van der Waals surface area contributed by atoms with Crippen LogP contribution in [0.1, 0.15) is 30.9 Å². The Morgan fingerprint density at radius 2 is 1.87 bits per heavy atom. The van der Waals surface area contributed by atoms with Gasteiger partial charge in [0.25, 0.3) is 0 Å². The predicted molar refractivity (Wildman–Crippen MR) is 161 cm³/mol. The lowest BCUT2D eigenvalue weighted by Crippen LogP contribution is -2.62. The van der Waals surface area contributed by atoms with Gasteiger partial charge in [-0.15, -0.1) is 0 Å². The molecule has 0 unspecified atom stereocenters. The highest BCUT2D eigenvalue weighted by atomic mass is 35.5. The Bertz CT molecular complexity index is 1300. The number of piperazine rings is 1. The van der Waals surface area contributed by atoms with Crippen LogP contribution < -0.4 is 16.8 Å². The molecule has 0 aliphatic carbocycles. The van der Waals surface area contributed by atoms with Crippen molar-refractivity contribution in [3.63, 3.8) is 0 Å². The number of nitrogens with one attached hydrogen (secondary N) is 2. The average molecular weight is 570 g/mol. The number of hydrogen-bond donors (Lipinski definition) is 4. The van der Waals surface area contributed by atoms with Gasteiger partial charge in [0.05, 0.1) is 6.04 Å². The number of benzene rings is 3. The molecule has 208 valence electrons. The lowest BCUT2D eigenvalue weighted by Gasteiger charge is -2.47. The minimum absolute atomic E-state index is 0.0124. The molecule has 39 heavy (non-hydrogen) atoms. The van der Waals surface area contributed by atoms with Crippen molar-refractivity contribution in [3.05, 3.63) is 81.8 Å². The Hall–Kier alpha value is -2.84. The molecule has 1 fully saturated rings. The fraction of sp³-hybridized carbons (Fsp3) is 0.400. The standard InChI is InChI=1S/C30H38Cl2N6O/c1-20-18-37(14-12-21-8-9-22-5-2-3-6-23(22)15-21)19-26(7-4-13-36-30(34)35)38(20)29(39)28(33)16-24-10-11-25(31)17-27(24)32/h2-3,5-6,8-11,15,17,20,26,28H,4,7,12-14,16,18-19,33H2,1H3,(H4,34,35,36)/t20-,26-,28+/m0/s1. The molecule has 3 atom stereocenters. The minimum atomic E-state index is -0.701.